The van der Waals surface area contributed by atoms with Crippen molar-refractivity contribution < 1.29 is 24.2 Å². The quantitative estimate of drug-likeness (QED) is 0.414. The summed E-state index contributed by atoms with van der Waals surface area (Å²) < 4.78 is 10.8. The number of carbonyl (C=O) groups excluding carboxylic acids is 1. The number of methoxy groups -OCH3 is 1. The zero-order valence-corrected chi connectivity index (χ0v) is 17.2. The Morgan fingerprint density at radius 1 is 1.17 bits per heavy atom. The predicted molar refractivity (Wildman–Crippen MR) is 112 cm³/mol. The molecular weight excluding hydrogens is 368 g/mol. The van der Waals surface area contributed by atoms with E-state index in [0.29, 0.717) is 11.1 Å². The summed E-state index contributed by atoms with van der Waals surface area (Å²) in [5.74, 6) is -0.917. The Morgan fingerprint density at radius 2 is 1.86 bits per heavy atom. The average molecular weight is 396 g/mol. The van der Waals surface area contributed by atoms with Crippen LogP contribution in [-0.2, 0) is 14.9 Å². The molecule has 0 amide bonds. The van der Waals surface area contributed by atoms with Crippen LogP contribution in [0, 0.1) is 0 Å². The van der Waals surface area contributed by atoms with Crippen molar-refractivity contribution >= 4 is 11.8 Å². The van der Waals surface area contributed by atoms with Crippen molar-refractivity contribution in [3.8, 4) is 0 Å². The van der Waals surface area contributed by atoms with Crippen molar-refractivity contribution in [2.75, 3.05) is 13.9 Å². The fraction of sp³-hybridized carbons (Fsp3) is 0.333. The minimum absolute atomic E-state index is 0.0384. The Kier molecular flexibility index (Phi) is 7.88. The van der Waals surface area contributed by atoms with Crippen molar-refractivity contribution in [2.45, 2.75) is 38.2 Å². The maximum atomic E-state index is 11.8. The molecule has 1 aliphatic carbocycles. The van der Waals surface area contributed by atoms with Gasteiger partial charge in [-0.3, -0.25) is 4.79 Å². The highest BCUT2D eigenvalue weighted by atomic mass is 16.7. The van der Waals surface area contributed by atoms with E-state index < -0.39 is 5.97 Å². The molecule has 0 spiro atoms. The summed E-state index contributed by atoms with van der Waals surface area (Å²) in [5, 5.41) is 8.38. The number of allylic oxidation sites excluding steroid dienone is 1. The second kappa shape index (κ2) is 10.1. The van der Waals surface area contributed by atoms with Crippen LogP contribution >= 0.6 is 0 Å². The molecular formula is C24H28O5. The molecule has 2 aromatic rings. The Hall–Kier alpha value is -2.76. The first-order valence-corrected chi connectivity index (χ1v) is 9.50. The van der Waals surface area contributed by atoms with Gasteiger partial charge in [0.25, 0.3) is 0 Å². The van der Waals surface area contributed by atoms with E-state index in [1.165, 1.54) is 17.2 Å². The molecule has 5 nitrogen and oxygen atoms in total. The Labute approximate surface area is 172 Å². The topological polar surface area (TPSA) is 72.8 Å². The van der Waals surface area contributed by atoms with Crippen LogP contribution in [0.4, 0.5) is 0 Å². The Bertz CT molecular complexity index is 855. The molecule has 154 valence electrons. The summed E-state index contributed by atoms with van der Waals surface area (Å²) in [4.78, 5) is 22.0. The molecule has 5 heteroatoms. The van der Waals surface area contributed by atoms with E-state index in [1.54, 1.807) is 37.4 Å². The first-order valence-electron chi connectivity index (χ1n) is 9.50. The van der Waals surface area contributed by atoms with E-state index in [4.69, 9.17) is 14.6 Å². The standard InChI is InChI=1S/C17H22O3.C7H6O2/c1-5-15(18)12-6-7-13-14(10-12)17(2,3)9-8-16(13)20-11-19-4;8-7(9)6-4-2-1-3-5-6/h5-7,10,16H,1,8-9,11H2,2-4H3;1-5H,(H,8,9). The summed E-state index contributed by atoms with van der Waals surface area (Å²) in [6.07, 6.45) is 3.40. The number of rotatable bonds is 6. The zero-order valence-electron chi connectivity index (χ0n) is 17.2. The van der Waals surface area contributed by atoms with E-state index >= 15 is 0 Å². The van der Waals surface area contributed by atoms with Crippen molar-refractivity contribution in [2.24, 2.45) is 0 Å². The maximum absolute atomic E-state index is 11.8. The van der Waals surface area contributed by atoms with Gasteiger partial charge in [0.05, 0.1) is 11.7 Å². The number of aromatic carboxylic acids is 1. The predicted octanol–water partition coefficient (Wildman–Crippen LogP) is 5.17. The SMILES string of the molecule is C=CC(=O)c1ccc2c(c1)C(C)(C)CCC2OCOC.O=C(O)c1ccccc1. The number of ether oxygens (including phenoxy) is 2. The largest absolute Gasteiger partial charge is 0.478 e. The van der Waals surface area contributed by atoms with Crippen LogP contribution in [0.25, 0.3) is 0 Å². The lowest BCUT2D eigenvalue weighted by molar-refractivity contribution is -0.0808. The molecule has 0 radical (unpaired) electrons. The van der Waals surface area contributed by atoms with Gasteiger partial charge in [-0.2, -0.15) is 0 Å². The van der Waals surface area contributed by atoms with E-state index in [2.05, 4.69) is 20.4 Å². The molecule has 1 aliphatic rings. The number of hydrogen-bond acceptors (Lipinski definition) is 4. The molecule has 2 aromatic carbocycles. The summed E-state index contributed by atoms with van der Waals surface area (Å²) in [7, 11) is 1.62. The molecule has 0 saturated heterocycles. The van der Waals surface area contributed by atoms with Gasteiger partial charge in [0.2, 0.25) is 0 Å². The third-order valence-electron chi connectivity index (χ3n) is 5.04. The first kappa shape index (κ1) is 22.5. The highest BCUT2D eigenvalue weighted by Gasteiger charge is 2.33. The van der Waals surface area contributed by atoms with Crippen LogP contribution in [-0.4, -0.2) is 30.8 Å². The van der Waals surface area contributed by atoms with Gasteiger partial charge in [0, 0.05) is 12.7 Å². The van der Waals surface area contributed by atoms with Crippen molar-refractivity contribution in [3.63, 3.8) is 0 Å². The summed E-state index contributed by atoms with van der Waals surface area (Å²) in [5.41, 5.74) is 3.44. The van der Waals surface area contributed by atoms with Crippen LogP contribution in [0.2, 0.25) is 0 Å². The van der Waals surface area contributed by atoms with E-state index in [-0.39, 0.29) is 24.1 Å². The smallest absolute Gasteiger partial charge is 0.335 e. The van der Waals surface area contributed by atoms with Crippen molar-refractivity contribution in [1.82, 2.24) is 0 Å². The molecule has 1 N–H and O–H groups in total. The van der Waals surface area contributed by atoms with E-state index in [9.17, 15) is 9.59 Å². The maximum Gasteiger partial charge on any atom is 0.335 e. The van der Waals surface area contributed by atoms with Crippen molar-refractivity contribution in [3.05, 3.63) is 83.4 Å². The highest BCUT2D eigenvalue weighted by Crippen LogP contribution is 2.43. The molecule has 0 fully saturated rings. The van der Waals surface area contributed by atoms with Crippen LogP contribution in [0.3, 0.4) is 0 Å². The van der Waals surface area contributed by atoms with Crippen molar-refractivity contribution in [1.29, 1.82) is 0 Å². The molecule has 3 rings (SSSR count). The van der Waals surface area contributed by atoms with Gasteiger partial charge in [0.15, 0.2) is 5.78 Å². The van der Waals surface area contributed by atoms with Gasteiger partial charge >= 0.3 is 5.97 Å². The van der Waals surface area contributed by atoms with Crippen LogP contribution in [0.15, 0.2) is 61.2 Å². The van der Waals surface area contributed by atoms with Gasteiger partial charge in [-0.25, -0.2) is 4.79 Å². The zero-order chi connectivity index (χ0) is 21.4. The van der Waals surface area contributed by atoms with Gasteiger partial charge < -0.3 is 14.6 Å². The van der Waals surface area contributed by atoms with Gasteiger partial charge in [-0.05, 0) is 53.7 Å². The molecule has 0 aliphatic heterocycles. The Morgan fingerprint density at radius 3 is 2.41 bits per heavy atom. The molecule has 0 aromatic heterocycles. The van der Waals surface area contributed by atoms with E-state index in [0.717, 1.165) is 12.8 Å². The lowest BCUT2D eigenvalue weighted by Crippen LogP contribution is -2.28. The highest BCUT2D eigenvalue weighted by molar-refractivity contribution is 6.04. The van der Waals surface area contributed by atoms with Crippen LogP contribution in [0.5, 0.6) is 0 Å². The summed E-state index contributed by atoms with van der Waals surface area (Å²) in [6, 6.07) is 14.1. The molecule has 0 heterocycles. The molecule has 0 bridgehead atoms. The number of carboxylic acids is 1. The molecule has 1 atom stereocenters. The normalized spacial score (nSPS) is 16.7. The third kappa shape index (κ3) is 5.86. The number of benzene rings is 2. The fourth-order valence-electron chi connectivity index (χ4n) is 3.38. The molecule has 29 heavy (non-hydrogen) atoms. The number of hydrogen-bond donors (Lipinski definition) is 1. The third-order valence-corrected chi connectivity index (χ3v) is 5.04. The fourth-order valence-corrected chi connectivity index (χ4v) is 3.38. The molecule has 0 saturated carbocycles. The average Bonchev–Trinajstić information content (AvgIpc) is 2.73. The second-order valence-corrected chi connectivity index (χ2v) is 7.53. The van der Waals surface area contributed by atoms with Gasteiger partial charge in [-0.15, -0.1) is 0 Å². The number of carbonyl (C=O) groups is 2. The number of ketones is 1. The summed E-state index contributed by atoms with van der Waals surface area (Å²) >= 11 is 0. The van der Waals surface area contributed by atoms with Crippen LogP contribution < -0.4 is 0 Å². The number of fused-ring (bicyclic) bond motifs is 1. The summed E-state index contributed by atoms with van der Waals surface area (Å²) in [6.45, 7) is 8.26. The van der Waals surface area contributed by atoms with Crippen LogP contribution in [0.1, 0.15) is 64.6 Å². The lowest BCUT2D eigenvalue weighted by Gasteiger charge is -2.37. The Balaban J connectivity index is 0.000000278. The first-order chi connectivity index (χ1) is 13.8. The van der Waals surface area contributed by atoms with E-state index in [1.807, 2.05) is 18.2 Å². The number of carboxylic acid groups (broad SMARTS) is 1. The monoisotopic (exact) mass is 396 g/mol. The van der Waals surface area contributed by atoms with Gasteiger partial charge in [0.1, 0.15) is 6.79 Å². The minimum atomic E-state index is -0.879. The van der Waals surface area contributed by atoms with Gasteiger partial charge in [-0.1, -0.05) is 50.8 Å². The second-order valence-electron chi connectivity index (χ2n) is 7.53. The lowest BCUT2D eigenvalue weighted by atomic mass is 9.71. The molecule has 1 unspecified atom stereocenters. The minimum Gasteiger partial charge on any atom is -0.478 e.